The summed E-state index contributed by atoms with van der Waals surface area (Å²) < 4.78 is 0. The molecule has 0 saturated carbocycles. The van der Waals surface area contributed by atoms with E-state index in [1.54, 1.807) is 12.4 Å². The zero-order chi connectivity index (χ0) is 7.68. The molecule has 0 spiro atoms. The van der Waals surface area contributed by atoms with E-state index in [0.717, 1.165) is 0 Å². The van der Waals surface area contributed by atoms with Crippen molar-refractivity contribution in [2.45, 2.75) is 12.3 Å². The van der Waals surface area contributed by atoms with Gasteiger partial charge in [0.05, 0.1) is 6.21 Å². The van der Waals surface area contributed by atoms with E-state index in [1.807, 2.05) is 0 Å². The van der Waals surface area contributed by atoms with E-state index in [9.17, 15) is 4.79 Å². The maximum absolute atomic E-state index is 10.7. The average molecular weight is 150 g/mol. The van der Waals surface area contributed by atoms with Gasteiger partial charge in [0, 0.05) is 12.4 Å². The standard InChI is InChI=1S/C6H6N4O/c11-4-3-9-5-6(10-4)8-2-1-7-5/h1-3,5-6H,(H,10,11). The maximum atomic E-state index is 10.7. The van der Waals surface area contributed by atoms with Crippen LogP contribution < -0.4 is 5.32 Å². The molecule has 0 bridgehead atoms. The Morgan fingerprint density at radius 1 is 1.27 bits per heavy atom. The van der Waals surface area contributed by atoms with Crippen molar-refractivity contribution in [1.29, 1.82) is 0 Å². The van der Waals surface area contributed by atoms with E-state index in [4.69, 9.17) is 0 Å². The summed E-state index contributed by atoms with van der Waals surface area (Å²) in [5.74, 6) is -0.208. The number of nitrogens with zero attached hydrogens (tertiary/aromatic N) is 3. The van der Waals surface area contributed by atoms with E-state index in [0.29, 0.717) is 0 Å². The van der Waals surface area contributed by atoms with Gasteiger partial charge in [-0.2, -0.15) is 0 Å². The topological polar surface area (TPSA) is 66.2 Å². The SMILES string of the molecule is O=C1C=NC2N=CC=NC2N1. The molecule has 2 atom stereocenters. The summed E-state index contributed by atoms with van der Waals surface area (Å²) in [6, 6.07) is 0. The largest absolute Gasteiger partial charge is 0.326 e. The van der Waals surface area contributed by atoms with Gasteiger partial charge in [-0.15, -0.1) is 0 Å². The summed E-state index contributed by atoms with van der Waals surface area (Å²) in [5, 5.41) is 2.62. The van der Waals surface area contributed by atoms with Gasteiger partial charge in [0.15, 0.2) is 12.3 Å². The van der Waals surface area contributed by atoms with Gasteiger partial charge in [0.1, 0.15) is 0 Å². The lowest BCUT2D eigenvalue weighted by Crippen LogP contribution is -2.46. The Hall–Kier alpha value is -1.52. The van der Waals surface area contributed by atoms with Gasteiger partial charge in [0.25, 0.3) is 5.91 Å². The Morgan fingerprint density at radius 2 is 2.09 bits per heavy atom. The predicted octanol–water partition coefficient (Wildman–Crippen LogP) is -1.01. The quantitative estimate of drug-likeness (QED) is 0.472. The smallest absolute Gasteiger partial charge is 0.263 e. The molecule has 2 aliphatic heterocycles. The van der Waals surface area contributed by atoms with Crippen LogP contribution in [0.4, 0.5) is 0 Å². The molecule has 56 valence electrons. The average Bonchev–Trinajstić information content (AvgIpc) is 2.04. The molecule has 2 unspecified atom stereocenters. The molecule has 1 N–H and O–H groups in total. The Kier molecular flexibility index (Phi) is 1.28. The zero-order valence-corrected chi connectivity index (χ0v) is 5.64. The third-order valence-corrected chi connectivity index (χ3v) is 1.47. The number of nitrogens with one attached hydrogen (secondary N) is 1. The van der Waals surface area contributed by atoms with Crippen LogP contribution in [0.25, 0.3) is 0 Å². The summed E-state index contributed by atoms with van der Waals surface area (Å²) in [6.45, 7) is 0. The highest BCUT2D eigenvalue weighted by Crippen LogP contribution is 2.07. The predicted molar refractivity (Wildman–Crippen MR) is 41.2 cm³/mol. The highest BCUT2D eigenvalue weighted by Gasteiger charge is 2.24. The first-order valence-electron chi connectivity index (χ1n) is 3.25. The van der Waals surface area contributed by atoms with Crippen molar-refractivity contribution >= 4 is 24.6 Å². The summed E-state index contributed by atoms with van der Waals surface area (Å²) in [4.78, 5) is 22.6. The molecule has 0 aromatic heterocycles. The van der Waals surface area contributed by atoms with Crippen LogP contribution in [-0.2, 0) is 4.79 Å². The van der Waals surface area contributed by atoms with Crippen molar-refractivity contribution in [2.75, 3.05) is 0 Å². The third-order valence-electron chi connectivity index (χ3n) is 1.47. The fourth-order valence-corrected chi connectivity index (χ4v) is 0.975. The van der Waals surface area contributed by atoms with Crippen LogP contribution in [0.2, 0.25) is 0 Å². The molecule has 0 radical (unpaired) electrons. The van der Waals surface area contributed by atoms with E-state index >= 15 is 0 Å². The van der Waals surface area contributed by atoms with Crippen molar-refractivity contribution in [3.05, 3.63) is 0 Å². The van der Waals surface area contributed by atoms with Crippen molar-refractivity contribution < 1.29 is 4.79 Å². The number of hydrogen-bond acceptors (Lipinski definition) is 4. The fourth-order valence-electron chi connectivity index (χ4n) is 0.975. The Bertz CT molecular complexity index is 268. The van der Waals surface area contributed by atoms with E-state index in [1.165, 1.54) is 6.21 Å². The molecule has 0 aliphatic carbocycles. The van der Waals surface area contributed by atoms with Crippen LogP contribution >= 0.6 is 0 Å². The fraction of sp³-hybridized carbons (Fsp3) is 0.333. The van der Waals surface area contributed by atoms with Gasteiger partial charge in [-0.1, -0.05) is 0 Å². The minimum atomic E-state index is -0.294. The lowest BCUT2D eigenvalue weighted by atomic mass is 10.3. The van der Waals surface area contributed by atoms with Crippen molar-refractivity contribution in [1.82, 2.24) is 5.32 Å². The van der Waals surface area contributed by atoms with Gasteiger partial charge in [-0.3, -0.25) is 19.8 Å². The Balaban J connectivity index is 2.26. The lowest BCUT2D eigenvalue weighted by molar-refractivity contribution is -0.115. The van der Waals surface area contributed by atoms with Crippen molar-refractivity contribution in [3.8, 4) is 0 Å². The molecule has 1 amide bonds. The minimum absolute atomic E-state index is 0.208. The second-order valence-corrected chi connectivity index (χ2v) is 2.24. The molecule has 5 heteroatoms. The number of rotatable bonds is 0. The summed E-state index contributed by atoms with van der Waals surface area (Å²) in [6.07, 6.45) is 3.83. The Labute approximate surface area is 62.9 Å². The van der Waals surface area contributed by atoms with Gasteiger partial charge in [-0.05, 0) is 0 Å². The second kappa shape index (κ2) is 2.26. The number of fused-ring (bicyclic) bond motifs is 1. The molecular weight excluding hydrogens is 144 g/mol. The number of amides is 1. The number of carbonyl (C=O) groups excluding carboxylic acids is 1. The first kappa shape index (κ1) is 6.21. The number of aliphatic imine (C=N–C) groups is 3. The van der Waals surface area contributed by atoms with Gasteiger partial charge < -0.3 is 5.32 Å². The molecular formula is C6H6N4O. The molecule has 0 aromatic carbocycles. The molecule has 2 aliphatic rings. The van der Waals surface area contributed by atoms with Crippen LogP contribution in [0.5, 0.6) is 0 Å². The second-order valence-electron chi connectivity index (χ2n) is 2.24. The van der Waals surface area contributed by atoms with Crippen LogP contribution in [0.15, 0.2) is 15.0 Å². The third kappa shape index (κ3) is 1.04. The molecule has 2 rings (SSSR count). The first-order valence-corrected chi connectivity index (χ1v) is 3.25. The molecule has 0 saturated heterocycles. The van der Waals surface area contributed by atoms with E-state index < -0.39 is 0 Å². The van der Waals surface area contributed by atoms with Gasteiger partial charge in [0.2, 0.25) is 0 Å². The molecule has 5 nitrogen and oxygen atoms in total. The van der Waals surface area contributed by atoms with Crippen LogP contribution in [0.1, 0.15) is 0 Å². The maximum Gasteiger partial charge on any atom is 0.263 e. The van der Waals surface area contributed by atoms with E-state index in [2.05, 4.69) is 20.3 Å². The highest BCUT2D eigenvalue weighted by molar-refractivity contribution is 6.27. The van der Waals surface area contributed by atoms with Gasteiger partial charge in [-0.25, -0.2) is 0 Å². The monoisotopic (exact) mass is 150 g/mol. The van der Waals surface area contributed by atoms with Crippen molar-refractivity contribution in [2.24, 2.45) is 15.0 Å². The van der Waals surface area contributed by atoms with Crippen LogP contribution in [-0.4, -0.2) is 36.9 Å². The van der Waals surface area contributed by atoms with Gasteiger partial charge >= 0.3 is 0 Å². The van der Waals surface area contributed by atoms with Crippen LogP contribution in [0.3, 0.4) is 0 Å². The summed E-state index contributed by atoms with van der Waals surface area (Å²) >= 11 is 0. The van der Waals surface area contributed by atoms with E-state index in [-0.39, 0.29) is 18.2 Å². The number of hydrogen-bond donors (Lipinski definition) is 1. The molecule has 0 aromatic rings. The molecule has 0 fully saturated rings. The molecule has 2 heterocycles. The Morgan fingerprint density at radius 3 is 3.00 bits per heavy atom. The minimum Gasteiger partial charge on any atom is -0.326 e. The zero-order valence-electron chi connectivity index (χ0n) is 5.64. The first-order chi connectivity index (χ1) is 5.36. The summed E-state index contributed by atoms with van der Waals surface area (Å²) in [7, 11) is 0. The summed E-state index contributed by atoms with van der Waals surface area (Å²) in [5.41, 5.74) is 0. The lowest BCUT2D eigenvalue weighted by Gasteiger charge is -2.22. The van der Waals surface area contributed by atoms with Crippen molar-refractivity contribution in [3.63, 3.8) is 0 Å². The normalized spacial score (nSPS) is 33.3. The highest BCUT2D eigenvalue weighted by atomic mass is 16.1. The van der Waals surface area contributed by atoms with Crippen LogP contribution in [0, 0.1) is 0 Å². The molecule has 11 heavy (non-hydrogen) atoms. The number of carbonyl (C=O) groups is 1.